The van der Waals surface area contributed by atoms with Gasteiger partial charge in [0.15, 0.2) is 11.6 Å². The van der Waals surface area contributed by atoms with Crippen LogP contribution >= 0.6 is 0 Å². The quantitative estimate of drug-likeness (QED) is 0.619. The van der Waals surface area contributed by atoms with Crippen LogP contribution in [0.4, 0.5) is 0 Å². The third kappa shape index (κ3) is 3.21. The number of rotatable bonds is 4. The molecule has 3 rings (SSSR count). The van der Waals surface area contributed by atoms with E-state index in [1.54, 1.807) is 24.3 Å². The summed E-state index contributed by atoms with van der Waals surface area (Å²) in [7, 11) is 0. The molecule has 0 atom stereocenters. The SMILES string of the molecule is C=C1OC(=O)C2=C1CC=CC(Oc1ccc(C(C)=O)c(C(C)=O)c1)=C2. The van der Waals surface area contributed by atoms with E-state index in [9.17, 15) is 14.4 Å². The lowest BCUT2D eigenvalue weighted by Crippen LogP contribution is -2.05. The van der Waals surface area contributed by atoms with Gasteiger partial charge < -0.3 is 9.47 Å². The second kappa shape index (κ2) is 6.36. The zero-order chi connectivity index (χ0) is 18.1. The van der Waals surface area contributed by atoms with Gasteiger partial charge in [0.05, 0.1) is 5.57 Å². The van der Waals surface area contributed by atoms with Gasteiger partial charge in [-0.15, -0.1) is 0 Å². The molecule has 0 radical (unpaired) electrons. The Kier molecular flexibility index (Phi) is 4.23. The van der Waals surface area contributed by atoms with Gasteiger partial charge in [-0.25, -0.2) is 4.79 Å². The third-order valence-corrected chi connectivity index (χ3v) is 3.97. The second-order valence-electron chi connectivity index (χ2n) is 5.78. The second-order valence-corrected chi connectivity index (χ2v) is 5.78. The molecule has 5 heteroatoms. The Labute approximate surface area is 144 Å². The standard InChI is InChI=1S/C20H16O5/c1-11(21)16-8-7-15(9-18(16)12(2)22)25-14-5-4-6-17-13(3)24-20(23)19(17)10-14/h4-5,7-10H,3,6H2,1-2H3. The van der Waals surface area contributed by atoms with Crippen LogP contribution in [-0.2, 0) is 9.53 Å². The fourth-order valence-electron chi connectivity index (χ4n) is 2.74. The molecule has 0 saturated heterocycles. The Balaban J connectivity index is 1.95. The highest BCUT2D eigenvalue weighted by Crippen LogP contribution is 2.32. The van der Waals surface area contributed by atoms with E-state index in [0.717, 1.165) is 5.57 Å². The molecule has 0 bridgehead atoms. The van der Waals surface area contributed by atoms with E-state index in [-0.39, 0.29) is 11.6 Å². The lowest BCUT2D eigenvalue weighted by Gasteiger charge is -2.10. The first kappa shape index (κ1) is 16.6. The Hall–Kier alpha value is -3.21. The van der Waals surface area contributed by atoms with Crippen LogP contribution in [-0.4, -0.2) is 17.5 Å². The molecule has 1 heterocycles. The number of cyclic esters (lactones) is 1. The van der Waals surface area contributed by atoms with E-state index in [1.807, 2.05) is 6.08 Å². The molecule has 0 N–H and O–H groups in total. The summed E-state index contributed by atoms with van der Waals surface area (Å²) in [5.74, 6) is 0.323. The van der Waals surface area contributed by atoms with Gasteiger partial charge >= 0.3 is 5.97 Å². The summed E-state index contributed by atoms with van der Waals surface area (Å²) < 4.78 is 10.8. The zero-order valence-corrected chi connectivity index (χ0v) is 13.9. The summed E-state index contributed by atoms with van der Waals surface area (Å²) >= 11 is 0. The number of carbonyl (C=O) groups is 3. The fraction of sp³-hybridized carbons (Fsp3) is 0.150. The predicted molar refractivity (Wildman–Crippen MR) is 91.2 cm³/mol. The molecule has 25 heavy (non-hydrogen) atoms. The number of allylic oxidation sites excluding steroid dienone is 3. The number of carbonyl (C=O) groups excluding carboxylic acids is 3. The van der Waals surface area contributed by atoms with Crippen molar-refractivity contribution in [3.63, 3.8) is 0 Å². The molecular formula is C20H16O5. The summed E-state index contributed by atoms with van der Waals surface area (Å²) in [6.07, 6.45) is 5.69. The monoisotopic (exact) mass is 336 g/mol. The highest BCUT2D eigenvalue weighted by Gasteiger charge is 2.28. The highest BCUT2D eigenvalue weighted by atomic mass is 16.5. The number of ketones is 2. The molecule has 0 aromatic heterocycles. The number of hydrogen-bond donors (Lipinski definition) is 0. The maximum atomic E-state index is 11.9. The van der Waals surface area contributed by atoms with Gasteiger partial charge in [-0.05, 0) is 50.6 Å². The molecule has 0 amide bonds. The van der Waals surface area contributed by atoms with Crippen LogP contribution in [0.2, 0.25) is 0 Å². The zero-order valence-electron chi connectivity index (χ0n) is 13.9. The Morgan fingerprint density at radius 3 is 2.56 bits per heavy atom. The molecule has 5 nitrogen and oxygen atoms in total. The molecule has 0 fully saturated rings. The topological polar surface area (TPSA) is 69.7 Å². The van der Waals surface area contributed by atoms with E-state index in [4.69, 9.17) is 9.47 Å². The molecule has 0 spiro atoms. The lowest BCUT2D eigenvalue weighted by molar-refractivity contribution is -0.132. The summed E-state index contributed by atoms with van der Waals surface area (Å²) in [4.78, 5) is 35.3. The van der Waals surface area contributed by atoms with Gasteiger partial charge in [-0.2, -0.15) is 0 Å². The van der Waals surface area contributed by atoms with Crippen molar-refractivity contribution in [1.29, 1.82) is 0 Å². The first-order chi connectivity index (χ1) is 11.9. The molecule has 0 unspecified atom stereocenters. The largest absolute Gasteiger partial charge is 0.457 e. The molecule has 0 saturated carbocycles. The average Bonchev–Trinajstić information content (AvgIpc) is 2.73. The fourth-order valence-corrected chi connectivity index (χ4v) is 2.74. The minimum atomic E-state index is -0.457. The minimum absolute atomic E-state index is 0.188. The van der Waals surface area contributed by atoms with E-state index in [0.29, 0.717) is 40.4 Å². The van der Waals surface area contributed by atoms with Crippen LogP contribution in [0.15, 0.2) is 65.7 Å². The van der Waals surface area contributed by atoms with Crippen molar-refractivity contribution in [2.45, 2.75) is 20.3 Å². The van der Waals surface area contributed by atoms with Crippen molar-refractivity contribution in [2.24, 2.45) is 0 Å². The molecule has 1 aromatic rings. The first-order valence-electron chi connectivity index (χ1n) is 7.73. The summed E-state index contributed by atoms with van der Waals surface area (Å²) in [5, 5.41) is 0. The van der Waals surface area contributed by atoms with Gasteiger partial charge in [0.2, 0.25) is 0 Å². The normalized spacial score (nSPS) is 16.2. The highest BCUT2D eigenvalue weighted by molar-refractivity contribution is 6.07. The van der Waals surface area contributed by atoms with Gasteiger partial charge in [0, 0.05) is 16.7 Å². The van der Waals surface area contributed by atoms with E-state index in [2.05, 4.69) is 6.58 Å². The molecule has 1 aliphatic heterocycles. The van der Waals surface area contributed by atoms with Crippen molar-refractivity contribution < 1.29 is 23.9 Å². The number of esters is 1. The maximum Gasteiger partial charge on any atom is 0.344 e. The van der Waals surface area contributed by atoms with Crippen LogP contribution in [0.3, 0.4) is 0 Å². The Morgan fingerprint density at radius 2 is 1.88 bits per heavy atom. The van der Waals surface area contributed by atoms with Crippen LogP contribution in [0.25, 0.3) is 0 Å². The van der Waals surface area contributed by atoms with Crippen molar-refractivity contribution in [3.8, 4) is 5.75 Å². The van der Waals surface area contributed by atoms with Crippen molar-refractivity contribution in [1.82, 2.24) is 0 Å². The molecule has 1 aromatic carbocycles. The van der Waals surface area contributed by atoms with E-state index < -0.39 is 5.97 Å². The molecule has 126 valence electrons. The van der Waals surface area contributed by atoms with E-state index in [1.165, 1.54) is 19.9 Å². The third-order valence-electron chi connectivity index (χ3n) is 3.97. The Bertz CT molecular complexity index is 912. The van der Waals surface area contributed by atoms with Crippen molar-refractivity contribution >= 4 is 17.5 Å². The van der Waals surface area contributed by atoms with Gasteiger partial charge in [0.1, 0.15) is 17.3 Å². The van der Waals surface area contributed by atoms with E-state index >= 15 is 0 Å². The summed E-state index contributed by atoms with van der Waals surface area (Å²) in [6.45, 7) is 6.53. The number of Topliss-reactive ketones (excluding diaryl/α,β-unsaturated/α-hetero) is 2. The smallest absolute Gasteiger partial charge is 0.344 e. The molecule has 1 aliphatic carbocycles. The maximum absolute atomic E-state index is 11.9. The lowest BCUT2D eigenvalue weighted by atomic mass is 10.0. The number of ether oxygens (including phenoxy) is 2. The summed E-state index contributed by atoms with van der Waals surface area (Å²) in [5.41, 5.74) is 1.80. The average molecular weight is 336 g/mol. The Morgan fingerprint density at radius 1 is 1.16 bits per heavy atom. The predicted octanol–water partition coefficient (Wildman–Crippen LogP) is 3.68. The van der Waals surface area contributed by atoms with Crippen LogP contribution < -0.4 is 4.74 Å². The number of benzene rings is 1. The summed E-state index contributed by atoms with van der Waals surface area (Å²) in [6, 6.07) is 4.70. The van der Waals surface area contributed by atoms with Gasteiger partial charge in [-0.1, -0.05) is 12.7 Å². The van der Waals surface area contributed by atoms with Gasteiger partial charge in [0.25, 0.3) is 0 Å². The minimum Gasteiger partial charge on any atom is -0.457 e. The number of hydrogen-bond acceptors (Lipinski definition) is 5. The first-order valence-corrected chi connectivity index (χ1v) is 7.73. The molecular weight excluding hydrogens is 320 g/mol. The van der Waals surface area contributed by atoms with Crippen LogP contribution in [0, 0.1) is 0 Å². The van der Waals surface area contributed by atoms with Crippen LogP contribution in [0.1, 0.15) is 41.0 Å². The van der Waals surface area contributed by atoms with Crippen molar-refractivity contribution in [2.75, 3.05) is 0 Å². The van der Waals surface area contributed by atoms with Crippen molar-refractivity contribution in [3.05, 3.63) is 76.8 Å². The van der Waals surface area contributed by atoms with Crippen LogP contribution in [0.5, 0.6) is 5.75 Å². The molecule has 2 aliphatic rings. The van der Waals surface area contributed by atoms with Gasteiger partial charge in [-0.3, -0.25) is 9.59 Å².